The molecule has 2 rings (SSSR count). The van der Waals surface area contributed by atoms with Gasteiger partial charge in [0.25, 0.3) is 11.5 Å². The highest BCUT2D eigenvalue weighted by atomic mass is 79.9. The Morgan fingerprint density at radius 1 is 1.20 bits per heavy atom. The second-order valence-electron chi connectivity index (χ2n) is 5.56. The van der Waals surface area contributed by atoms with Crippen LogP contribution >= 0.6 is 15.9 Å². The van der Waals surface area contributed by atoms with Crippen LogP contribution in [-0.4, -0.2) is 33.9 Å². The predicted octanol–water partition coefficient (Wildman–Crippen LogP) is 1.95. The van der Waals surface area contributed by atoms with Crippen LogP contribution in [0.2, 0.25) is 0 Å². The molecule has 2 aromatic rings. The standard InChI is InChI=1S/C17H21BrN4O3/c18-12-5-7-13(8-6-12)22-15(24)11-14(23)16(21-22)17(25)20-10-4-2-1-3-9-19/h5-8,11,23H,1-4,9-10,19H2,(H,20,25). The molecule has 7 nitrogen and oxygen atoms in total. The number of hydrogen-bond acceptors (Lipinski definition) is 5. The van der Waals surface area contributed by atoms with Crippen LogP contribution in [0.4, 0.5) is 0 Å². The zero-order chi connectivity index (χ0) is 18.2. The monoisotopic (exact) mass is 408 g/mol. The summed E-state index contributed by atoms with van der Waals surface area (Å²) >= 11 is 3.32. The fourth-order valence-corrected chi connectivity index (χ4v) is 2.55. The second-order valence-corrected chi connectivity index (χ2v) is 6.48. The summed E-state index contributed by atoms with van der Waals surface area (Å²) in [5.41, 5.74) is 5.24. The summed E-state index contributed by atoms with van der Waals surface area (Å²) in [7, 11) is 0. The summed E-state index contributed by atoms with van der Waals surface area (Å²) in [6, 6.07) is 7.89. The van der Waals surface area contributed by atoms with E-state index in [9.17, 15) is 14.7 Å². The number of carbonyl (C=O) groups is 1. The largest absolute Gasteiger partial charge is 0.505 e. The van der Waals surface area contributed by atoms with Gasteiger partial charge < -0.3 is 16.2 Å². The van der Waals surface area contributed by atoms with Gasteiger partial charge in [-0.25, -0.2) is 0 Å². The van der Waals surface area contributed by atoms with E-state index in [-0.39, 0.29) is 5.69 Å². The van der Waals surface area contributed by atoms with E-state index in [4.69, 9.17) is 5.73 Å². The highest BCUT2D eigenvalue weighted by Gasteiger charge is 2.16. The fourth-order valence-electron chi connectivity index (χ4n) is 2.28. The zero-order valence-corrected chi connectivity index (χ0v) is 15.3. The molecule has 0 radical (unpaired) electrons. The van der Waals surface area contributed by atoms with E-state index in [0.717, 1.165) is 40.9 Å². The summed E-state index contributed by atoms with van der Waals surface area (Å²) in [6.45, 7) is 1.14. The molecule has 0 aliphatic heterocycles. The minimum Gasteiger partial charge on any atom is -0.505 e. The molecule has 0 spiro atoms. The molecule has 1 amide bonds. The number of halogens is 1. The Morgan fingerprint density at radius 2 is 1.88 bits per heavy atom. The number of aromatic nitrogens is 2. The van der Waals surface area contributed by atoms with Crippen molar-refractivity contribution in [1.29, 1.82) is 0 Å². The number of amides is 1. The summed E-state index contributed by atoms with van der Waals surface area (Å²) in [5.74, 6) is -0.943. The SMILES string of the molecule is NCCCCCCNC(=O)c1nn(-c2ccc(Br)cc2)c(=O)cc1O. The number of nitrogens with zero attached hydrogens (tertiary/aromatic N) is 2. The highest BCUT2D eigenvalue weighted by molar-refractivity contribution is 9.10. The Kier molecular flexibility index (Phi) is 7.15. The van der Waals surface area contributed by atoms with Crippen molar-refractivity contribution in [2.24, 2.45) is 5.73 Å². The van der Waals surface area contributed by atoms with Crippen molar-refractivity contribution in [2.45, 2.75) is 25.7 Å². The van der Waals surface area contributed by atoms with Gasteiger partial charge in [-0.05, 0) is 43.7 Å². The molecule has 0 atom stereocenters. The van der Waals surface area contributed by atoms with Crippen molar-refractivity contribution < 1.29 is 9.90 Å². The number of benzene rings is 1. The van der Waals surface area contributed by atoms with Gasteiger partial charge in [-0.1, -0.05) is 28.8 Å². The lowest BCUT2D eigenvalue weighted by Crippen LogP contribution is -2.29. The Bertz CT molecular complexity index is 774. The molecule has 0 saturated heterocycles. The maximum absolute atomic E-state index is 12.2. The van der Waals surface area contributed by atoms with Gasteiger partial charge in [0.05, 0.1) is 5.69 Å². The molecule has 1 aromatic carbocycles. The van der Waals surface area contributed by atoms with Crippen LogP contribution < -0.4 is 16.6 Å². The summed E-state index contributed by atoms with van der Waals surface area (Å²) in [5, 5.41) is 16.6. The Labute approximate surface area is 154 Å². The van der Waals surface area contributed by atoms with E-state index < -0.39 is 17.2 Å². The average molecular weight is 409 g/mol. The van der Waals surface area contributed by atoms with Crippen molar-refractivity contribution in [3.8, 4) is 11.4 Å². The van der Waals surface area contributed by atoms with Crippen molar-refractivity contribution in [3.05, 3.63) is 50.9 Å². The highest BCUT2D eigenvalue weighted by Crippen LogP contribution is 2.15. The van der Waals surface area contributed by atoms with Gasteiger partial charge in [0.2, 0.25) is 0 Å². The van der Waals surface area contributed by atoms with Crippen LogP contribution in [0, 0.1) is 0 Å². The maximum atomic E-state index is 12.2. The van der Waals surface area contributed by atoms with Gasteiger partial charge in [-0.3, -0.25) is 9.59 Å². The van der Waals surface area contributed by atoms with E-state index in [2.05, 4.69) is 26.3 Å². The van der Waals surface area contributed by atoms with Gasteiger partial charge in [-0.2, -0.15) is 9.78 Å². The number of nitrogens with two attached hydrogens (primary N) is 1. The van der Waals surface area contributed by atoms with Crippen LogP contribution in [0.5, 0.6) is 5.75 Å². The smallest absolute Gasteiger partial charge is 0.275 e. The van der Waals surface area contributed by atoms with Gasteiger partial charge in [-0.15, -0.1) is 0 Å². The van der Waals surface area contributed by atoms with Crippen molar-refractivity contribution >= 4 is 21.8 Å². The normalized spacial score (nSPS) is 10.6. The van der Waals surface area contributed by atoms with Crippen LogP contribution in [-0.2, 0) is 0 Å². The summed E-state index contributed by atoms with van der Waals surface area (Å²) < 4.78 is 1.94. The molecular weight excluding hydrogens is 388 g/mol. The molecule has 0 bridgehead atoms. The van der Waals surface area contributed by atoms with E-state index in [1.165, 1.54) is 0 Å². The number of rotatable bonds is 8. The topological polar surface area (TPSA) is 110 Å². The minimum atomic E-state index is -0.516. The van der Waals surface area contributed by atoms with Gasteiger partial charge in [0.15, 0.2) is 11.4 Å². The lowest BCUT2D eigenvalue weighted by Gasteiger charge is -2.09. The number of aromatic hydroxyl groups is 1. The molecular formula is C17H21BrN4O3. The molecule has 1 aromatic heterocycles. The number of carbonyl (C=O) groups excluding carboxylic acids is 1. The first-order valence-electron chi connectivity index (χ1n) is 8.10. The lowest BCUT2D eigenvalue weighted by atomic mass is 10.2. The van der Waals surface area contributed by atoms with Crippen molar-refractivity contribution in [2.75, 3.05) is 13.1 Å². The third-order valence-electron chi connectivity index (χ3n) is 3.61. The van der Waals surface area contributed by atoms with Crippen LogP contribution in [0.3, 0.4) is 0 Å². The van der Waals surface area contributed by atoms with Crippen LogP contribution in [0.15, 0.2) is 39.6 Å². The van der Waals surface area contributed by atoms with Gasteiger partial charge >= 0.3 is 0 Å². The molecule has 0 unspecified atom stereocenters. The van der Waals surface area contributed by atoms with Crippen LogP contribution in [0.1, 0.15) is 36.2 Å². The van der Waals surface area contributed by atoms with E-state index >= 15 is 0 Å². The maximum Gasteiger partial charge on any atom is 0.275 e. The molecule has 134 valence electrons. The molecule has 0 aliphatic carbocycles. The average Bonchev–Trinajstić information content (AvgIpc) is 2.59. The first-order chi connectivity index (χ1) is 12.0. The molecule has 0 aliphatic rings. The third kappa shape index (κ3) is 5.40. The van der Waals surface area contributed by atoms with Gasteiger partial charge in [0, 0.05) is 17.1 Å². The van der Waals surface area contributed by atoms with Crippen molar-refractivity contribution in [1.82, 2.24) is 15.1 Å². The quantitative estimate of drug-likeness (QED) is 0.578. The van der Waals surface area contributed by atoms with Gasteiger partial charge in [0.1, 0.15) is 0 Å². The molecule has 8 heteroatoms. The second kappa shape index (κ2) is 9.33. The van der Waals surface area contributed by atoms with E-state index in [0.29, 0.717) is 18.8 Å². The lowest BCUT2D eigenvalue weighted by molar-refractivity contribution is 0.0943. The summed E-state index contributed by atoms with van der Waals surface area (Å²) in [6.07, 6.45) is 3.77. The Hall–Kier alpha value is -2.19. The van der Waals surface area contributed by atoms with Crippen molar-refractivity contribution in [3.63, 3.8) is 0 Å². The fraction of sp³-hybridized carbons (Fsp3) is 0.353. The Morgan fingerprint density at radius 3 is 2.56 bits per heavy atom. The zero-order valence-electron chi connectivity index (χ0n) is 13.7. The first-order valence-corrected chi connectivity index (χ1v) is 8.90. The number of unbranched alkanes of at least 4 members (excludes halogenated alkanes) is 3. The summed E-state index contributed by atoms with van der Waals surface area (Å²) in [4.78, 5) is 24.3. The molecule has 25 heavy (non-hydrogen) atoms. The Balaban J connectivity index is 2.10. The number of nitrogens with one attached hydrogen (secondary N) is 1. The molecule has 0 saturated carbocycles. The van der Waals surface area contributed by atoms with E-state index in [1.54, 1.807) is 24.3 Å². The minimum absolute atomic E-state index is 0.176. The predicted molar refractivity (Wildman–Crippen MR) is 99.1 cm³/mol. The molecule has 0 fully saturated rings. The van der Waals surface area contributed by atoms with Crippen LogP contribution in [0.25, 0.3) is 5.69 Å². The molecule has 1 heterocycles. The first kappa shape index (κ1) is 19.1. The third-order valence-corrected chi connectivity index (χ3v) is 4.14. The van der Waals surface area contributed by atoms with E-state index in [1.807, 2.05) is 0 Å². The number of hydrogen-bond donors (Lipinski definition) is 3. The molecule has 4 N–H and O–H groups in total.